The van der Waals surface area contributed by atoms with Crippen molar-refractivity contribution in [3.05, 3.63) is 45.9 Å². The van der Waals surface area contributed by atoms with Gasteiger partial charge in [0, 0.05) is 24.3 Å². The molecule has 1 saturated carbocycles. The Kier molecular flexibility index (Phi) is 4.47. The molecular formula is C20H25N5O2. The molecule has 1 aromatic carbocycles. The van der Waals surface area contributed by atoms with Crippen molar-refractivity contribution in [2.45, 2.75) is 45.8 Å². The predicted molar refractivity (Wildman–Crippen MR) is 105 cm³/mol. The lowest BCUT2D eigenvalue weighted by Gasteiger charge is -2.18. The lowest BCUT2D eigenvalue weighted by Crippen LogP contribution is -2.26. The fourth-order valence-corrected chi connectivity index (χ4v) is 3.50. The Bertz CT molecular complexity index is 1030. The second-order valence-corrected chi connectivity index (χ2v) is 7.55. The molecule has 7 nitrogen and oxygen atoms in total. The molecule has 2 heterocycles. The molecule has 1 unspecified atom stereocenters. The van der Waals surface area contributed by atoms with Crippen LogP contribution in [0, 0.1) is 12.8 Å². The number of aromatic amines is 1. The number of H-pyrrole nitrogens is 1. The first-order valence-corrected chi connectivity index (χ1v) is 9.36. The van der Waals surface area contributed by atoms with Crippen LogP contribution in [0.4, 0.5) is 11.6 Å². The third-order valence-corrected chi connectivity index (χ3v) is 5.02. The van der Waals surface area contributed by atoms with E-state index in [1.54, 1.807) is 7.11 Å². The average Bonchev–Trinajstić information content (AvgIpc) is 3.39. The summed E-state index contributed by atoms with van der Waals surface area (Å²) in [5.74, 6) is 1.84. The molecule has 7 heteroatoms. The van der Waals surface area contributed by atoms with E-state index in [0.29, 0.717) is 22.9 Å². The number of hydrogen-bond donors (Lipinski definition) is 2. The fourth-order valence-electron chi connectivity index (χ4n) is 3.50. The Hall–Kier alpha value is -2.67. The molecular weight excluding hydrogens is 342 g/mol. The van der Waals surface area contributed by atoms with Crippen molar-refractivity contribution in [1.29, 1.82) is 0 Å². The largest absolute Gasteiger partial charge is 0.376 e. The number of anilines is 2. The number of aryl methyl sites for hydroxylation is 1. The van der Waals surface area contributed by atoms with E-state index >= 15 is 0 Å². The Morgan fingerprint density at radius 3 is 2.63 bits per heavy atom. The van der Waals surface area contributed by atoms with Crippen LogP contribution in [0.1, 0.15) is 50.1 Å². The van der Waals surface area contributed by atoms with Gasteiger partial charge >= 0.3 is 0 Å². The number of aromatic nitrogens is 4. The van der Waals surface area contributed by atoms with Crippen LogP contribution >= 0.6 is 0 Å². The molecule has 0 radical (unpaired) electrons. The molecule has 1 aliphatic carbocycles. The van der Waals surface area contributed by atoms with Gasteiger partial charge in [0.2, 0.25) is 0 Å². The second-order valence-electron chi connectivity index (χ2n) is 7.55. The maximum Gasteiger partial charge on any atom is 0.275 e. The number of ether oxygens (including phenoxy) is 1. The maximum absolute atomic E-state index is 13.0. The SMILES string of the molecule is COC(c1ccc2c(Nc3cc(C)[nH]n3)nn(C(C)C)c(=O)c2c1)C1CC1. The van der Waals surface area contributed by atoms with E-state index in [9.17, 15) is 4.79 Å². The van der Waals surface area contributed by atoms with Crippen LogP contribution in [-0.4, -0.2) is 27.1 Å². The summed E-state index contributed by atoms with van der Waals surface area (Å²) < 4.78 is 7.22. The molecule has 4 rings (SSSR count). The summed E-state index contributed by atoms with van der Waals surface area (Å²) in [4.78, 5) is 13.0. The summed E-state index contributed by atoms with van der Waals surface area (Å²) in [6.45, 7) is 5.84. The number of nitrogens with one attached hydrogen (secondary N) is 2. The minimum absolute atomic E-state index is 0.0415. The van der Waals surface area contributed by atoms with Crippen LogP contribution in [0.25, 0.3) is 10.8 Å². The molecule has 2 N–H and O–H groups in total. The van der Waals surface area contributed by atoms with Gasteiger partial charge in [-0.2, -0.15) is 10.2 Å². The predicted octanol–water partition coefficient (Wildman–Crippen LogP) is 3.85. The van der Waals surface area contributed by atoms with E-state index in [2.05, 4.69) is 20.6 Å². The molecule has 0 amide bonds. The smallest absolute Gasteiger partial charge is 0.275 e. The van der Waals surface area contributed by atoms with E-state index in [-0.39, 0.29) is 17.7 Å². The normalized spacial score (nSPS) is 15.4. The van der Waals surface area contributed by atoms with Crippen LogP contribution in [0.15, 0.2) is 29.1 Å². The van der Waals surface area contributed by atoms with Crippen molar-refractivity contribution in [3.63, 3.8) is 0 Å². The van der Waals surface area contributed by atoms with Crippen molar-refractivity contribution in [2.75, 3.05) is 12.4 Å². The topological polar surface area (TPSA) is 84.8 Å². The van der Waals surface area contributed by atoms with Gasteiger partial charge in [0.1, 0.15) is 0 Å². The Morgan fingerprint density at radius 1 is 1.26 bits per heavy atom. The summed E-state index contributed by atoms with van der Waals surface area (Å²) in [6.07, 6.45) is 2.39. The number of nitrogens with zero attached hydrogens (tertiary/aromatic N) is 3. The molecule has 0 bridgehead atoms. The van der Waals surface area contributed by atoms with Gasteiger partial charge in [-0.3, -0.25) is 9.89 Å². The molecule has 0 spiro atoms. The molecule has 142 valence electrons. The number of benzene rings is 1. The fraction of sp³-hybridized carbons (Fsp3) is 0.450. The molecule has 27 heavy (non-hydrogen) atoms. The quantitative estimate of drug-likeness (QED) is 0.691. The summed E-state index contributed by atoms with van der Waals surface area (Å²) >= 11 is 0. The van der Waals surface area contributed by atoms with Crippen molar-refractivity contribution in [3.8, 4) is 0 Å². The zero-order valence-corrected chi connectivity index (χ0v) is 16.1. The van der Waals surface area contributed by atoms with Crippen LogP contribution in [0.2, 0.25) is 0 Å². The third kappa shape index (κ3) is 3.35. The highest BCUT2D eigenvalue weighted by molar-refractivity contribution is 5.92. The molecule has 0 aliphatic heterocycles. The van der Waals surface area contributed by atoms with E-state index in [0.717, 1.165) is 16.6 Å². The van der Waals surface area contributed by atoms with Gasteiger partial charge in [-0.05, 0) is 51.2 Å². The number of hydrogen-bond acceptors (Lipinski definition) is 5. The van der Waals surface area contributed by atoms with Crippen molar-refractivity contribution in [2.24, 2.45) is 5.92 Å². The number of rotatable bonds is 6. The number of methoxy groups -OCH3 is 1. The molecule has 3 aromatic rings. The van der Waals surface area contributed by atoms with Gasteiger partial charge in [-0.15, -0.1) is 0 Å². The zero-order chi connectivity index (χ0) is 19.1. The van der Waals surface area contributed by atoms with Gasteiger partial charge < -0.3 is 10.1 Å². The van der Waals surface area contributed by atoms with Gasteiger partial charge in [-0.25, -0.2) is 4.68 Å². The third-order valence-electron chi connectivity index (χ3n) is 5.02. The standard InChI is InChI=1S/C20H25N5O2/c1-11(2)25-20(26)16-10-14(18(27-4)13-5-6-13)7-8-15(16)19(24-25)21-17-9-12(3)22-23-17/h7-11,13,18H,5-6H2,1-4H3,(H2,21,22,23,24). The van der Waals surface area contributed by atoms with Crippen molar-refractivity contribution >= 4 is 22.4 Å². The summed E-state index contributed by atoms with van der Waals surface area (Å²) in [5, 5.41) is 16.4. The lowest BCUT2D eigenvalue weighted by atomic mass is 10.0. The Morgan fingerprint density at radius 2 is 2.04 bits per heavy atom. The molecule has 1 fully saturated rings. The molecule has 1 atom stereocenters. The molecule has 1 aliphatic rings. The summed E-state index contributed by atoms with van der Waals surface area (Å²) in [6, 6.07) is 7.82. The van der Waals surface area contributed by atoms with Crippen LogP contribution in [0.3, 0.4) is 0 Å². The monoisotopic (exact) mass is 367 g/mol. The molecule has 2 aromatic heterocycles. The minimum atomic E-state index is -0.0868. The highest BCUT2D eigenvalue weighted by Crippen LogP contribution is 2.43. The maximum atomic E-state index is 13.0. The number of fused-ring (bicyclic) bond motifs is 1. The van der Waals surface area contributed by atoms with Crippen LogP contribution in [-0.2, 0) is 4.74 Å². The minimum Gasteiger partial charge on any atom is -0.376 e. The van der Waals surface area contributed by atoms with Crippen LogP contribution in [0.5, 0.6) is 0 Å². The Balaban J connectivity index is 1.86. The zero-order valence-electron chi connectivity index (χ0n) is 16.1. The first kappa shape index (κ1) is 17.7. The van der Waals surface area contributed by atoms with E-state index < -0.39 is 0 Å². The van der Waals surface area contributed by atoms with Gasteiger partial charge in [-0.1, -0.05) is 12.1 Å². The van der Waals surface area contributed by atoms with Crippen molar-refractivity contribution in [1.82, 2.24) is 20.0 Å². The first-order valence-electron chi connectivity index (χ1n) is 9.36. The van der Waals surface area contributed by atoms with Gasteiger partial charge in [0.05, 0.1) is 17.5 Å². The lowest BCUT2D eigenvalue weighted by molar-refractivity contribution is 0.0847. The van der Waals surface area contributed by atoms with Crippen LogP contribution < -0.4 is 10.9 Å². The van der Waals surface area contributed by atoms with E-state index in [1.165, 1.54) is 17.5 Å². The summed E-state index contributed by atoms with van der Waals surface area (Å²) in [7, 11) is 1.74. The van der Waals surface area contributed by atoms with Gasteiger partial charge in [0.25, 0.3) is 5.56 Å². The first-order chi connectivity index (χ1) is 13.0. The Labute approximate surface area is 157 Å². The average molecular weight is 367 g/mol. The summed E-state index contributed by atoms with van der Waals surface area (Å²) in [5.41, 5.74) is 1.91. The highest BCUT2D eigenvalue weighted by atomic mass is 16.5. The molecule has 0 saturated heterocycles. The van der Waals surface area contributed by atoms with Gasteiger partial charge in [0.15, 0.2) is 11.6 Å². The second kappa shape index (κ2) is 6.81. The van der Waals surface area contributed by atoms with E-state index in [4.69, 9.17) is 4.74 Å². The highest BCUT2D eigenvalue weighted by Gasteiger charge is 2.32. The van der Waals surface area contributed by atoms with Crippen molar-refractivity contribution < 1.29 is 4.74 Å². The van der Waals surface area contributed by atoms with E-state index in [1.807, 2.05) is 45.0 Å².